The number of nitrogens with zero attached hydrogens (tertiary/aromatic N) is 1. The number of carboxylic acid groups (broad SMARTS) is 2. The first-order chi connectivity index (χ1) is 17.8. The number of rotatable bonds is 12. The quantitative estimate of drug-likeness (QED) is 0.281. The molecule has 0 aliphatic heterocycles. The van der Waals surface area contributed by atoms with Gasteiger partial charge in [0.05, 0.1) is 7.11 Å². The summed E-state index contributed by atoms with van der Waals surface area (Å²) in [7, 11) is 1.75. The maximum Gasteiger partial charge on any atom is 0.414 e. The lowest BCUT2D eigenvalue weighted by Crippen LogP contribution is -2.53. The molecule has 0 unspecified atom stereocenters. The summed E-state index contributed by atoms with van der Waals surface area (Å²) in [5.74, 6) is 0.234. The highest BCUT2D eigenvalue weighted by Crippen LogP contribution is 2.60. The Hall–Kier alpha value is -2.61. The van der Waals surface area contributed by atoms with Crippen LogP contribution in [0.2, 0.25) is 0 Å². The SMILES string of the molecule is CCCN(CCCCNC(=O)C12CC3CC(CC(C3)C1)C2)CCc1ccccc1OC.O=C(O)C(=O)O. The van der Waals surface area contributed by atoms with Crippen LogP contribution < -0.4 is 10.1 Å². The van der Waals surface area contributed by atoms with Crippen LogP contribution in [-0.4, -0.2) is 66.2 Å². The predicted octanol–water partition coefficient (Wildman–Crippen LogP) is 4.22. The molecule has 8 heteroatoms. The van der Waals surface area contributed by atoms with Crippen LogP contribution in [0.15, 0.2) is 24.3 Å². The van der Waals surface area contributed by atoms with E-state index in [2.05, 4.69) is 29.3 Å². The number of hydrogen-bond acceptors (Lipinski definition) is 5. The van der Waals surface area contributed by atoms with Crippen LogP contribution in [0.3, 0.4) is 0 Å². The molecule has 4 saturated carbocycles. The molecule has 0 aromatic heterocycles. The molecule has 4 aliphatic rings. The monoisotopic (exact) mass is 516 g/mol. The van der Waals surface area contributed by atoms with Crippen molar-refractivity contribution in [3.63, 3.8) is 0 Å². The van der Waals surface area contributed by atoms with Gasteiger partial charge in [0.2, 0.25) is 5.91 Å². The summed E-state index contributed by atoms with van der Waals surface area (Å²) in [4.78, 5) is 33.8. The second-order valence-electron chi connectivity index (χ2n) is 11.2. The second kappa shape index (κ2) is 13.8. The van der Waals surface area contributed by atoms with Crippen molar-refractivity contribution in [3.8, 4) is 5.75 Å². The molecule has 5 rings (SSSR count). The summed E-state index contributed by atoms with van der Waals surface area (Å²) in [5, 5.41) is 18.1. The van der Waals surface area contributed by atoms with Crippen molar-refractivity contribution in [2.24, 2.45) is 23.2 Å². The van der Waals surface area contributed by atoms with E-state index >= 15 is 0 Å². The Balaban J connectivity index is 0.000000568. The number of carboxylic acids is 2. The number of nitrogens with one attached hydrogen (secondary N) is 1. The molecule has 0 heterocycles. The van der Waals surface area contributed by atoms with Crippen LogP contribution in [0.4, 0.5) is 0 Å². The number of ether oxygens (including phenoxy) is 1. The summed E-state index contributed by atoms with van der Waals surface area (Å²) in [6, 6.07) is 8.34. The Kier molecular flexibility index (Phi) is 10.8. The zero-order valence-corrected chi connectivity index (χ0v) is 22.4. The highest BCUT2D eigenvalue weighted by Gasteiger charge is 2.54. The molecule has 4 fully saturated rings. The van der Waals surface area contributed by atoms with E-state index in [4.69, 9.17) is 24.5 Å². The van der Waals surface area contributed by atoms with Crippen molar-refractivity contribution in [2.45, 2.75) is 71.1 Å². The third-order valence-electron chi connectivity index (χ3n) is 8.32. The number of para-hydroxylation sites is 1. The standard InChI is InChI=1S/C27H42N2O2.C2H2O4/c1-3-12-29(14-10-24-8-4-5-9-25(24)31-2)13-7-6-11-28-26(30)27-18-21-15-22(19-27)17-23(16-21)20-27;3-1(4)2(5)6/h4-5,8-9,21-23H,3,6-7,10-20H2,1-2H3,(H,28,30);(H,3,4)(H,5,6). The Morgan fingerprint density at radius 3 is 2.08 bits per heavy atom. The van der Waals surface area contributed by atoms with Gasteiger partial charge in [0.25, 0.3) is 0 Å². The van der Waals surface area contributed by atoms with Crippen LogP contribution in [0, 0.1) is 23.2 Å². The van der Waals surface area contributed by atoms with E-state index in [1.807, 2.05) is 12.1 Å². The van der Waals surface area contributed by atoms with E-state index in [1.54, 1.807) is 7.11 Å². The maximum absolute atomic E-state index is 13.1. The zero-order chi connectivity index (χ0) is 26.8. The van der Waals surface area contributed by atoms with Crippen LogP contribution in [0.5, 0.6) is 5.75 Å². The number of hydrogen-bond donors (Lipinski definition) is 3. The van der Waals surface area contributed by atoms with E-state index in [0.29, 0.717) is 5.91 Å². The molecule has 37 heavy (non-hydrogen) atoms. The Morgan fingerprint density at radius 2 is 1.54 bits per heavy atom. The van der Waals surface area contributed by atoms with E-state index in [-0.39, 0.29) is 5.41 Å². The number of benzene rings is 1. The van der Waals surface area contributed by atoms with Crippen LogP contribution >= 0.6 is 0 Å². The van der Waals surface area contributed by atoms with Crippen molar-refractivity contribution in [1.29, 1.82) is 0 Å². The van der Waals surface area contributed by atoms with Gasteiger partial charge < -0.3 is 25.2 Å². The summed E-state index contributed by atoms with van der Waals surface area (Å²) in [5.41, 5.74) is 1.28. The molecule has 0 atom stereocenters. The minimum absolute atomic E-state index is 0.00225. The lowest BCUT2D eigenvalue weighted by molar-refractivity contribution is -0.159. The second-order valence-corrected chi connectivity index (χ2v) is 11.2. The molecule has 0 spiro atoms. The number of aliphatic carboxylic acids is 2. The van der Waals surface area contributed by atoms with Crippen molar-refractivity contribution >= 4 is 17.8 Å². The van der Waals surface area contributed by atoms with Crippen molar-refractivity contribution in [2.75, 3.05) is 33.3 Å². The lowest BCUT2D eigenvalue weighted by atomic mass is 9.49. The van der Waals surface area contributed by atoms with E-state index < -0.39 is 11.9 Å². The first kappa shape index (κ1) is 29.0. The molecule has 4 bridgehead atoms. The molecule has 1 aromatic rings. The fraction of sp³-hybridized carbons (Fsp3) is 0.690. The molecule has 3 N–H and O–H groups in total. The van der Waals surface area contributed by atoms with Gasteiger partial charge in [0, 0.05) is 18.5 Å². The number of unbranched alkanes of at least 4 members (excludes halogenated alkanes) is 1. The number of carbonyl (C=O) groups excluding carboxylic acids is 1. The number of methoxy groups -OCH3 is 1. The summed E-state index contributed by atoms with van der Waals surface area (Å²) < 4.78 is 5.50. The highest BCUT2D eigenvalue weighted by molar-refractivity contribution is 6.27. The third kappa shape index (κ3) is 8.19. The van der Waals surface area contributed by atoms with Gasteiger partial charge >= 0.3 is 11.9 Å². The topological polar surface area (TPSA) is 116 Å². The average Bonchev–Trinajstić information content (AvgIpc) is 2.86. The van der Waals surface area contributed by atoms with Crippen LogP contribution in [0.25, 0.3) is 0 Å². The van der Waals surface area contributed by atoms with Gasteiger partial charge in [-0.2, -0.15) is 0 Å². The minimum atomic E-state index is -1.82. The van der Waals surface area contributed by atoms with Gasteiger partial charge in [0.1, 0.15) is 5.75 Å². The largest absolute Gasteiger partial charge is 0.496 e. The van der Waals surface area contributed by atoms with Crippen LogP contribution in [-0.2, 0) is 20.8 Å². The van der Waals surface area contributed by atoms with Crippen molar-refractivity contribution in [3.05, 3.63) is 29.8 Å². The van der Waals surface area contributed by atoms with Gasteiger partial charge in [0.15, 0.2) is 0 Å². The van der Waals surface area contributed by atoms with E-state index in [9.17, 15) is 4.79 Å². The summed E-state index contributed by atoms with van der Waals surface area (Å²) in [6.07, 6.45) is 12.1. The normalized spacial score (nSPS) is 25.3. The van der Waals surface area contributed by atoms with Gasteiger partial charge in [-0.05, 0) is 107 Å². The smallest absolute Gasteiger partial charge is 0.414 e. The fourth-order valence-corrected chi connectivity index (χ4v) is 7.08. The average molecular weight is 517 g/mol. The number of carbonyl (C=O) groups is 3. The number of amides is 1. The van der Waals surface area contributed by atoms with E-state index in [1.165, 1.54) is 50.5 Å². The molecule has 0 saturated heterocycles. The Morgan fingerprint density at radius 1 is 0.946 bits per heavy atom. The van der Waals surface area contributed by atoms with Gasteiger partial charge in [-0.25, -0.2) is 9.59 Å². The molecule has 0 radical (unpaired) electrons. The molecule has 4 aliphatic carbocycles. The minimum Gasteiger partial charge on any atom is -0.496 e. The van der Waals surface area contributed by atoms with E-state index in [0.717, 1.165) is 68.9 Å². The Bertz CT molecular complexity index is 870. The summed E-state index contributed by atoms with van der Waals surface area (Å²) in [6.45, 7) is 6.40. The van der Waals surface area contributed by atoms with Gasteiger partial charge in [-0.3, -0.25) is 4.79 Å². The fourth-order valence-electron chi connectivity index (χ4n) is 7.08. The molecule has 8 nitrogen and oxygen atoms in total. The molecule has 206 valence electrons. The summed E-state index contributed by atoms with van der Waals surface area (Å²) >= 11 is 0. The lowest BCUT2D eigenvalue weighted by Gasteiger charge is -2.55. The first-order valence-corrected chi connectivity index (χ1v) is 13.8. The maximum atomic E-state index is 13.1. The van der Waals surface area contributed by atoms with Crippen molar-refractivity contribution in [1.82, 2.24) is 10.2 Å². The highest BCUT2D eigenvalue weighted by atomic mass is 16.5. The van der Waals surface area contributed by atoms with Gasteiger partial charge in [-0.15, -0.1) is 0 Å². The molecule has 1 aromatic carbocycles. The van der Waals surface area contributed by atoms with Crippen molar-refractivity contribution < 1.29 is 29.3 Å². The molecule has 1 amide bonds. The Labute approximate surface area is 220 Å². The third-order valence-corrected chi connectivity index (χ3v) is 8.32. The zero-order valence-electron chi connectivity index (χ0n) is 22.4. The predicted molar refractivity (Wildman–Crippen MR) is 142 cm³/mol. The van der Waals surface area contributed by atoms with Gasteiger partial charge in [-0.1, -0.05) is 25.1 Å². The van der Waals surface area contributed by atoms with Crippen LogP contribution in [0.1, 0.15) is 70.3 Å². The molecular formula is C29H44N2O6. The molecular weight excluding hydrogens is 472 g/mol. The first-order valence-electron chi connectivity index (χ1n) is 13.8.